The van der Waals surface area contributed by atoms with Crippen molar-refractivity contribution in [1.82, 2.24) is 0 Å². The topological polar surface area (TPSA) is 81.7 Å². The number of nitrogens with zero attached hydrogens (tertiary/aromatic N) is 2. The summed E-state index contributed by atoms with van der Waals surface area (Å²) in [7, 11) is -3.32. The molecule has 0 aliphatic rings. The first-order valence-corrected chi connectivity index (χ1v) is 9.80. The van der Waals surface area contributed by atoms with E-state index < -0.39 is 21.7 Å². The Morgan fingerprint density at radius 2 is 1.19 bits per heavy atom. The minimum Gasteiger partial charge on any atom is -0.229 e. The van der Waals surface area contributed by atoms with Crippen molar-refractivity contribution in [3.05, 3.63) is 0 Å². The molecule has 0 saturated carbocycles. The summed E-state index contributed by atoms with van der Waals surface area (Å²) < 4.78 is 24.3. The van der Waals surface area contributed by atoms with E-state index in [9.17, 15) is 8.42 Å². The molecule has 0 radical (unpaired) electrons. The van der Waals surface area contributed by atoms with Gasteiger partial charge in [0.15, 0.2) is 9.84 Å². The third kappa shape index (κ3) is 10.3. The normalized spacial score (nSPS) is 14.1. The minimum absolute atomic E-state index is 0.0980. The van der Waals surface area contributed by atoms with Crippen LogP contribution in [-0.2, 0) is 9.84 Å². The number of hydrogen-bond acceptors (Lipinski definition) is 4. The Bertz CT molecular complexity index is 410. The van der Waals surface area contributed by atoms with Gasteiger partial charge in [-0.25, -0.2) is 8.42 Å². The zero-order valence-electron chi connectivity index (χ0n) is 13.3. The van der Waals surface area contributed by atoms with Crippen LogP contribution in [0.4, 0.5) is 0 Å². The third-order valence-electron chi connectivity index (χ3n) is 3.59. The van der Waals surface area contributed by atoms with Gasteiger partial charge in [-0.1, -0.05) is 52.4 Å². The van der Waals surface area contributed by atoms with E-state index in [1.807, 2.05) is 0 Å². The number of nitriles is 2. The van der Waals surface area contributed by atoms with Crippen molar-refractivity contribution in [3.8, 4) is 12.1 Å². The van der Waals surface area contributed by atoms with Crippen molar-refractivity contribution in [2.75, 3.05) is 11.5 Å². The van der Waals surface area contributed by atoms with Gasteiger partial charge in [-0.05, 0) is 12.8 Å². The van der Waals surface area contributed by atoms with Crippen molar-refractivity contribution < 1.29 is 8.42 Å². The van der Waals surface area contributed by atoms with Gasteiger partial charge in [-0.15, -0.1) is 0 Å². The second-order valence-corrected chi connectivity index (χ2v) is 7.87. The highest BCUT2D eigenvalue weighted by atomic mass is 32.2. The SMILES string of the molecule is CCCCCC(C#N)CS(=O)(=O)CC(C#N)CCCCC. The quantitative estimate of drug-likeness (QED) is 0.513. The number of rotatable bonds is 12. The zero-order valence-corrected chi connectivity index (χ0v) is 14.2. The fraction of sp³-hybridized carbons (Fsp3) is 0.875. The van der Waals surface area contributed by atoms with Gasteiger partial charge in [-0.2, -0.15) is 10.5 Å². The fourth-order valence-corrected chi connectivity index (χ4v) is 4.18. The van der Waals surface area contributed by atoms with Crippen LogP contribution in [0.5, 0.6) is 0 Å². The molecule has 0 rings (SSSR count). The number of sulfone groups is 1. The predicted octanol–water partition coefficient (Wildman–Crippen LogP) is 3.84. The third-order valence-corrected chi connectivity index (χ3v) is 5.41. The first kappa shape index (κ1) is 19.9. The van der Waals surface area contributed by atoms with Crippen LogP contribution in [0.3, 0.4) is 0 Å². The molecule has 5 heteroatoms. The standard InChI is InChI=1S/C16H28N2O2S/c1-3-5-7-9-15(11-17)13-21(19,20)14-16(12-18)10-8-6-4-2/h15-16H,3-10,13-14H2,1-2H3. The van der Waals surface area contributed by atoms with Gasteiger partial charge >= 0.3 is 0 Å². The van der Waals surface area contributed by atoms with E-state index >= 15 is 0 Å². The molecule has 21 heavy (non-hydrogen) atoms. The van der Waals surface area contributed by atoms with Crippen molar-refractivity contribution in [1.29, 1.82) is 10.5 Å². The molecule has 0 aliphatic carbocycles. The monoisotopic (exact) mass is 312 g/mol. The van der Waals surface area contributed by atoms with Crippen LogP contribution in [0.15, 0.2) is 0 Å². The van der Waals surface area contributed by atoms with Crippen LogP contribution in [0.1, 0.15) is 65.2 Å². The molecule has 0 heterocycles. The number of unbranched alkanes of at least 4 members (excludes halogenated alkanes) is 4. The molecule has 0 spiro atoms. The van der Waals surface area contributed by atoms with E-state index in [0.29, 0.717) is 12.8 Å². The van der Waals surface area contributed by atoms with E-state index in [2.05, 4.69) is 26.0 Å². The van der Waals surface area contributed by atoms with Gasteiger partial charge in [0.05, 0.1) is 35.5 Å². The van der Waals surface area contributed by atoms with Crippen LogP contribution in [0.2, 0.25) is 0 Å². The first-order valence-electron chi connectivity index (χ1n) is 7.98. The van der Waals surface area contributed by atoms with Gasteiger partial charge in [-0.3, -0.25) is 0 Å². The highest BCUT2D eigenvalue weighted by Crippen LogP contribution is 2.16. The van der Waals surface area contributed by atoms with Crippen LogP contribution in [-0.4, -0.2) is 19.9 Å². The summed E-state index contributed by atoms with van der Waals surface area (Å²) in [6.45, 7) is 4.15. The lowest BCUT2D eigenvalue weighted by molar-refractivity contribution is 0.538. The molecule has 0 aliphatic heterocycles. The molecule has 4 nitrogen and oxygen atoms in total. The van der Waals surface area contributed by atoms with Gasteiger partial charge in [0, 0.05) is 0 Å². The largest absolute Gasteiger partial charge is 0.229 e. The lowest BCUT2D eigenvalue weighted by Crippen LogP contribution is -2.22. The van der Waals surface area contributed by atoms with Crippen LogP contribution in [0, 0.1) is 34.5 Å². The summed E-state index contributed by atoms with van der Waals surface area (Å²) in [6, 6.07) is 4.20. The Balaban J connectivity index is 4.38. The smallest absolute Gasteiger partial charge is 0.152 e. The van der Waals surface area contributed by atoms with Crippen LogP contribution >= 0.6 is 0 Å². The molecule has 0 fully saturated rings. The summed E-state index contributed by atoms with van der Waals surface area (Å²) in [5.41, 5.74) is 0. The second kappa shape index (κ2) is 11.6. The van der Waals surface area contributed by atoms with E-state index in [1.54, 1.807) is 0 Å². The Labute approximate surface area is 130 Å². The van der Waals surface area contributed by atoms with Crippen LogP contribution < -0.4 is 0 Å². The minimum atomic E-state index is -3.32. The first-order chi connectivity index (χ1) is 9.99. The molecule has 0 N–H and O–H groups in total. The maximum absolute atomic E-state index is 12.1. The number of hydrogen-bond donors (Lipinski definition) is 0. The molecular formula is C16H28N2O2S. The average molecular weight is 312 g/mol. The van der Waals surface area contributed by atoms with E-state index in [0.717, 1.165) is 38.5 Å². The summed E-state index contributed by atoms with van der Waals surface area (Å²) in [4.78, 5) is 0. The summed E-state index contributed by atoms with van der Waals surface area (Å²) >= 11 is 0. The lowest BCUT2D eigenvalue weighted by atomic mass is 10.0. The highest BCUT2D eigenvalue weighted by Gasteiger charge is 2.23. The van der Waals surface area contributed by atoms with Gasteiger partial charge in [0.2, 0.25) is 0 Å². The Morgan fingerprint density at radius 1 is 0.810 bits per heavy atom. The summed E-state index contributed by atoms with van der Waals surface area (Å²) in [6.07, 6.45) is 7.21. The Hall–Kier alpha value is -1.07. The molecule has 0 bridgehead atoms. The van der Waals surface area contributed by atoms with Crippen molar-refractivity contribution in [2.45, 2.75) is 65.2 Å². The van der Waals surface area contributed by atoms with E-state index in [1.165, 1.54) is 0 Å². The molecular weight excluding hydrogens is 284 g/mol. The van der Waals surface area contributed by atoms with Crippen molar-refractivity contribution in [2.24, 2.45) is 11.8 Å². The maximum Gasteiger partial charge on any atom is 0.152 e. The molecule has 2 atom stereocenters. The van der Waals surface area contributed by atoms with Crippen molar-refractivity contribution >= 4 is 9.84 Å². The average Bonchev–Trinajstić information content (AvgIpc) is 2.45. The van der Waals surface area contributed by atoms with Gasteiger partial charge < -0.3 is 0 Å². The van der Waals surface area contributed by atoms with Crippen LogP contribution in [0.25, 0.3) is 0 Å². The Morgan fingerprint density at radius 3 is 1.48 bits per heavy atom. The fourth-order valence-electron chi connectivity index (χ4n) is 2.33. The molecule has 0 saturated heterocycles. The molecule has 2 unspecified atom stereocenters. The lowest BCUT2D eigenvalue weighted by Gasteiger charge is -2.12. The van der Waals surface area contributed by atoms with E-state index in [4.69, 9.17) is 10.5 Å². The zero-order chi connectivity index (χ0) is 16.1. The second-order valence-electron chi connectivity index (χ2n) is 5.72. The van der Waals surface area contributed by atoms with Gasteiger partial charge in [0.1, 0.15) is 0 Å². The molecule has 0 amide bonds. The maximum atomic E-state index is 12.1. The molecule has 0 aromatic heterocycles. The van der Waals surface area contributed by atoms with Crippen molar-refractivity contribution in [3.63, 3.8) is 0 Å². The van der Waals surface area contributed by atoms with E-state index in [-0.39, 0.29) is 11.5 Å². The molecule has 0 aromatic rings. The van der Waals surface area contributed by atoms with Gasteiger partial charge in [0.25, 0.3) is 0 Å². The highest BCUT2D eigenvalue weighted by molar-refractivity contribution is 7.91. The molecule has 0 aromatic carbocycles. The summed E-state index contributed by atoms with van der Waals surface area (Å²) in [5.74, 6) is -1.06. The Kier molecular flexibility index (Phi) is 11.0. The molecule has 120 valence electrons. The summed E-state index contributed by atoms with van der Waals surface area (Å²) in [5, 5.41) is 18.1. The predicted molar refractivity (Wildman–Crippen MR) is 85.1 cm³/mol.